The lowest BCUT2D eigenvalue weighted by Gasteiger charge is -2.20. The number of carbonyl (C=O) groups is 2. The minimum atomic E-state index is -0.587. The molecule has 1 heterocycles. The Labute approximate surface area is 156 Å². The highest BCUT2D eigenvalue weighted by Crippen LogP contribution is 2.26. The van der Waals surface area contributed by atoms with Crippen molar-refractivity contribution in [3.8, 4) is 0 Å². The average Bonchev–Trinajstić information content (AvgIpc) is 2.96. The van der Waals surface area contributed by atoms with Crippen LogP contribution in [-0.4, -0.2) is 22.8 Å². The zero-order chi connectivity index (χ0) is 18.6. The van der Waals surface area contributed by atoms with E-state index in [1.54, 1.807) is 6.20 Å². The number of hydrogen-bond donors (Lipinski definition) is 2. The molecule has 0 aliphatic carbocycles. The molecular weight excluding hydrogens is 358 g/mol. The van der Waals surface area contributed by atoms with E-state index in [2.05, 4.69) is 15.6 Å². The summed E-state index contributed by atoms with van der Waals surface area (Å²) >= 11 is 7.74. The molecule has 0 saturated heterocycles. The first-order valence-electron chi connectivity index (χ1n) is 8.04. The van der Waals surface area contributed by atoms with Gasteiger partial charge in [-0.3, -0.25) is 9.59 Å². The number of amides is 2. The molecule has 1 aromatic carbocycles. The lowest BCUT2D eigenvalue weighted by Crippen LogP contribution is -2.46. The predicted octanol–water partition coefficient (Wildman–Crippen LogP) is 3.79. The fourth-order valence-corrected chi connectivity index (χ4v) is 3.45. The molecular formula is C18H22ClN3O2S. The van der Waals surface area contributed by atoms with Crippen molar-refractivity contribution in [2.75, 3.05) is 5.32 Å². The monoisotopic (exact) mass is 379 g/mol. The molecule has 0 fully saturated rings. The summed E-state index contributed by atoms with van der Waals surface area (Å²) in [6.07, 6.45) is 2.40. The van der Waals surface area contributed by atoms with E-state index in [0.29, 0.717) is 11.6 Å². The third kappa shape index (κ3) is 5.28. The lowest BCUT2D eigenvalue weighted by atomic mass is 10.0. The Kier molecular flexibility index (Phi) is 6.56. The maximum atomic E-state index is 12.4. The van der Waals surface area contributed by atoms with Crippen LogP contribution in [0, 0.1) is 12.8 Å². The Bertz CT molecular complexity index is 773. The molecule has 7 heteroatoms. The van der Waals surface area contributed by atoms with E-state index in [4.69, 9.17) is 11.6 Å². The summed E-state index contributed by atoms with van der Waals surface area (Å²) in [4.78, 5) is 28.9. The molecule has 0 spiro atoms. The highest BCUT2D eigenvalue weighted by Gasteiger charge is 2.23. The topological polar surface area (TPSA) is 71.1 Å². The average molecular weight is 380 g/mol. The molecule has 0 saturated carbocycles. The van der Waals surface area contributed by atoms with Crippen molar-refractivity contribution in [1.29, 1.82) is 0 Å². The molecule has 1 aromatic heterocycles. The van der Waals surface area contributed by atoms with Gasteiger partial charge in [-0.15, -0.1) is 11.3 Å². The van der Waals surface area contributed by atoms with Crippen LogP contribution in [0.4, 0.5) is 5.13 Å². The third-order valence-electron chi connectivity index (χ3n) is 3.73. The maximum Gasteiger partial charge on any atom is 0.248 e. The second kappa shape index (κ2) is 8.45. The highest BCUT2D eigenvalue weighted by molar-refractivity contribution is 7.15. The third-order valence-corrected chi connectivity index (χ3v) is 5.18. The van der Waals surface area contributed by atoms with Gasteiger partial charge in [-0.25, -0.2) is 4.98 Å². The van der Waals surface area contributed by atoms with Gasteiger partial charge in [-0.05, 0) is 24.0 Å². The number of hydrogen-bond acceptors (Lipinski definition) is 4. The Morgan fingerprint density at radius 2 is 2.04 bits per heavy atom. The molecule has 2 aromatic rings. The normalized spacial score (nSPS) is 12.1. The van der Waals surface area contributed by atoms with Gasteiger partial charge in [0.2, 0.25) is 11.8 Å². The predicted molar refractivity (Wildman–Crippen MR) is 102 cm³/mol. The minimum Gasteiger partial charge on any atom is -0.344 e. The van der Waals surface area contributed by atoms with E-state index in [1.165, 1.54) is 18.3 Å². The summed E-state index contributed by atoms with van der Waals surface area (Å²) < 4.78 is 0. The number of benzene rings is 1. The first-order valence-corrected chi connectivity index (χ1v) is 9.24. The molecule has 2 amide bonds. The van der Waals surface area contributed by atoms with Crippen molar-refractivity contribution in [1.82, 2.24) is 10.3 Å². The van der Waals surface area contributed by atoms with Gasteiger partial charge in [-0.2, -0.15) is 0 Å². The van der Waals surface area contributed by atoms with Crippen LogP contribution < -0.4 is 10.6 Å². The first-order chi connectivity index (χ1) is 11.8. The van der Waals surface area contributed by atoms with Crippen molar-refractivity contribution in [2.45, 2.75) is 40.2 Å². The number of aryl methyl sites for hydroxylation is 1. The number of rotatable bonds is 6. The fraction of sp³-hybridized carbons (Fsp3) is 0.389. The van der Waals surface area contributed by atoms with Crippen LogP contribution in [0.2, 0.25) is 5.02 Å². The van der Waals surface area contributed by atoms with E-state index in [-0.39, 0.29) is 17.7 Å². The standard InChI is InChI=1S/C18H22ClN3O2S/c1-10(2)16(21-12(4)23)17(24)22-18-20-9-14(25-18)8-13-7-5-6-11(3)15(13)19/h5-7,9-10,16H,8H2,1-4H3,(H,21,23)(H,20,22,24). The second-order valence-electron chi connectivity index (χ2n) is 6.27. The molecule has 134 valence electrons. The van der Waals surface area contributed by atoms with Gasteiger partial charge in [0.25, 0.3) is 0 Å². The Morgan fingerprint density at radius 3 is 2.68 bits per heavy atom. The molecule has 25 heavy (non-hydrogen) atoms. The number of nitrogens with zero attached hydrogens (tertiary/aromatic N) is 1. The first kappa shape index (κ1) is 19.4. The molecule has 2 N–H and O–H groups in total. The smallest absolute Gasteiger partial charge is 0.248 e. The van der Waals surface area contributed by atoms with E-state index >= 15 is 0 Å². The summed E-state index contributed by atoms with van der Waals surface area (Å²) in [6.45, 7) is 7.13. The Hall–Kier alpha value is -1.92. The second-order valence-corrected chi connectivity index (χ2v) is 7.76. The van der Waals surface area contributed by atoms with E-state index < -0.39 is 6.04 Å². The summed E-state index contributed by atoms with van der Waals surface area (Å²) in [5.41, 5.74) is 2.06. The molecule has 0 aliphatic rings. The molecule has 0 aliphatic heterocycles. The zero-order valence-corrected chi connectivity index (χ0v) is 16.3. The van der Waals surface area contributed by atoms with Crippen LogP contribution in [0.3, 0.4) is 0 Å². The summed E-state index contributed by atoms with van der Waals surface area (Å²) in [5, 5.41) is 6.72. The fourth-order valence-electron chi connectivity index (χ4n) is 2.42. The van der Waals surface area contributed by atoms with Crippen molar-refractivity contribution >= 4 is 39.9 Å². The van der Waals surface area contributed by atoms with Gasteiger partial charge < -0.3 is 10.6 Å². The summed E-state index contributed by atoms with van der Waals surface area (Å²) in [7, 11) is 0. The SMILES string of the molecule is CC(=O)NC(C(=O)Nc1ncc(Cc2cccc(C)c2Cl)s1)C(C)C. The number of carbonyl (C=O) groups excluding carboxylic acids is 2. The van der Waals surface area contributed by atoms with Crippen LogP contribution in [0.1, 0.15) is 36.8 Å². The van der Waals surface area contributed by atoms with Crippen LogP contribution >= 0.6 is 22.9 Å². The van der Waals surface area contributed by atoms with Gasteiger partial charge in [-0.1, -0.05) is 43.6 Å². The maximum absolute atomic E-state index is 12.4. The van der Waals surface area contributed by atoms with Gasteiger partial charge in [0, 0.05) is 29.4 Å². The van der Waals surface area contributed by atoms with Crippen LogP contribution in [0.15, 0.2) is 24.4 Å². The van der Waals surface area contributed by atoms with E-state index in [0.717, 1.165) is 21.0 Å². The van der Waals surface area contributed by atoms with Gasteiger partial charge in [0.05, 0.1) is 0 Å². The van der Waals surface area contributed by atoms with Crippen molar-refractivity contribution in [2.24, 2.45) is 5.92 Å². The van der Waals surface area contributed by atoms with E-state index in [9.17, 15) is 9.59 Å². The Balaban J connectivity index is 2.06. The molecule has 2 rings (SSSR count). The van der Waals surface area contributed by atoms with Crippen molar-refractivity contribution in [3.05, 3.63) is 45.4 Å². The van der Waals surface area contributed by atoms with Crippen LogP contribution in [-0.2, 0) is 16.0 Å². The minimum absolute atomic E-state index is 0.0190. The number of aromatic nitrogens is 1. The highest BCUT2D eigenvalue weighted by atomic mass is 35.5. The van der Waals surface area contributed by atoms with Crippen LogP contribution in [0.25, 0.3) is 0 Å². The van der Waals surface area contributed by atoms with Crippen LogP contribution in [0.5, 0.6) is 0 Å². The number of nitrogens with one attached hydrogen (secondary N) is 2. The Morgan fingerprint density at radius 1 is 1.32 bits per heavy atom. The van der Waals surface area contributed by atoms with Crippen molar-refractivity contribution < 1.29 is 9.59 Å². The molecule has 0 radical (unpaired) electrons. The largest absolute Gasteiger partial charge is 0.344 e. The number of thiazole rings is 1. The lowest BCUT2D eigenvalue weighted by molar-refractivity contribution is -0.126. The van der Waals surface area contributed by atoms with Crippen molar-refractivity contribution in [3.63, 3.8) is 0 Å². The van der Waals surface area contributed by atoms with Gasteiger partial charge in [0.15, 0.2) is 5.13 Å². The zero-order valence-electron chi connectivity index (χ0n) is 14.7. The summed E-state index contributed by atoms with van der Waals surface area (Å²) in [6, 6.07) is 5.34. The molecule has 5 nitrogen and oxygen atoms in total. The summed E-state index contributed by atoms with van der Waals surface area (Å²) in [5.74, 6) is -0.517. The molecule has 0 bridgehead atoms. The number of halogens is 1. The van der Waals surface area contributed by atoms with Gasteiger partial charge >= 0.3 is 0 Å². The quantitative estimate of drug-likeness (QED) is 0.802. The molecule has 1 atom stereocenters. The van der Waals surface area contributed by atoms with E-state index in [1.807, 2.05) is 39.0 Å². The van der Waals surface area contributed by atoms with Gasteiger partial charge in [0.1, 0.15) is 6.04 Å². The number of anilines is 1. The molecule has 1 unspecified atom stereocenters.